The number of H-pyrrole nitrogens is 1. The van der Waals surface area contributed by atoms with Crippen LogP contribution in [0.3, 0.4) is 0 Å². The summed E-state index contributed by atoms with van der Waals surface area (Å²) in [5.74, 6) is -0.222. The van der Waals surface area contributed by atoms with Crippen molar-refractivity contribution < 1.29 is 24.5 Å². The summed E-state index contributed by atoms with van der Waals surface area (Å²) in [5.41, 5.74) is -0.499. The van der Waals surface area contributed by atoms with Crippen LogP contribution in [0.5, 0.6) is 0 Å². The molecule has 1 aliphatic carbocycles. The van der Waals surface area contributed by atoms with E-state index in [2.05, 4.69) is 25.7 Å². The lowest BCUT2D eigenvalue weighted by Gasteiger charge is -2.20. The summed E-state index contributed by atoms with van der Waals surface area (Å²) in [5, 5.41) is 28.8. The van der Waals surface area contributed by atoms with Crippen molar-refractivity contribution in [2.75, 3.05) is 39.5 Å². The fourth-order valence-electron chi connectivity index (χ4n) is 4.70. The Bertz CT molecular complexity index is 1000. The van der Waals surface area contributed by atoms with Crippen molar-refractivity contribution in [2.45, 2.75) is 95.4 Å². The molecule has 0 saturated heterocycles. The van der Waals surface area contributed by atoms with E-state index < -0.39 is 23.7 Å². The van der Waals surface area contributed by atoms with Gasteiger partial charge in [-0.05, 0) is 32.2 Å². The molecule has 3 rings (SSSR count). The van der Waals surface area contributed by atoms with Gasteiger partial charge in [0.1, 0.15) is 18.0 Å². The zero-order valence-electron chi connectivity index (χ0n) is 23.0. The van der Waals surface area contributed by atoms with E-state index in [-0.39, 0.29) is 37.3 Å². The molecule has 1 amide bonds. The Kier molecular flexibility index (Phi) is 14.4. The molecule has 2 atom stereocenters. The molecule has 2 aromatic rings. The van der Waals surface area contributed by atoms with Crippen molar-refractivity contribution in [1.29, 1.82) is 0 Å². The first-order valence-corrected chi connectivity index (χ1v) is 14.5. The van der Waals surface area contributed by atoms with E-state index in [1.54, 1.807) is 0 Å². The third-order valence-corrected chi connectivity index (χ3v) is 6.95. The second kappa shape index (κ2) is 18.1. The molecule has 1 fully saturated rings. The molecule has 0 aliphatic heterocycles. The number of aromatic amines is 1. The van der Waals surface area contributed by atoms with Gasteiger partial charge in [0.05, 0.1) is 32.0 Å². The van der Waals surface area contributed by atoms with Crippen molar-refractivity contribution in [3.05, 3.63) is 28.4 Å². The number of aromatic nitrogens is 4. The highest BCUT2D eigenvalue weighted by atomic mass is 16.5. The fraction of sp³-hybridized carbons (Fsp3) is 0.778. The number of rotatable bonds is 17. The third-order valence-electron chi connectivity index (χ3n) is 6.95. The molecule has 220 valence electrons. The van der Waals surface area contributed by atoms with Crippen molar-refractivity contribution >= 4 is 11.7 Å². The van der Waals surface area contributed by atoms with Crippen LogP contribution < -0.4 is 16.2 Å². The molecule has 0 spiro atoms. The lowest BCUT2D eigenvalue weighted by molar-refractivity contribution is -0.0600. The predicted octanol–water partition coefficient (Wildman–Crippen LogP) is 1.56. The van der Waals surface area contributed by atoms with Gasteiger partial charge in [0.25, 0.3) is 17.2 Å². The number of ether oxygens (including phenoxy) is 2. The second-order valence-electron chi connectivity index (χ2n) is 10.4. The molecule has 39 heavy (non-hydrogen) atoms. The number of nitrogens with one attached hydrogen (secondary N) is 3. The summed E-state index contributed by atoms with van der Waals surface area (Å²) in [6, 6.07) is 0. The monoisotopic (exact) mass is 550 g/mol. The molecule has 0 aromatic carbocycles. The molecular formula is C27H46N6O6. The lowest BCUT2D eigenvalue weighted by atomic mass is 10.1. The molecule has 1 saturated carbocycles. The van der Waals surface area contributed by atoms with E-state index in [9.17, 15) is 19.8 Å². The Morgan fingerprint density at radius 3 is 2.44 bits per heavy atom. The number of fused-ring (bicyclic) bond motifs is 1. The number of unbranched alkanes of at least 4 members (excludes halogenated alkanes) is 3. The Morgan fingerprint density at radius 2 is 1.67 bits per heavy atom. The Labute approximate surface area is 229 Å². The Hall–Kier alpha value is -2.38. The first kappa shape index (κ1) is 31.2. The van der Waals surface area contributed by atoms with Gasteiger partial charge in [-0.25, -0.2) is 9.97 Å². The van der Waals surface area contributed by atoms with Crippen molar-refractivity contribution in [2.24, 2.45) is 0 Å². The molecule has 2 unspecified atom stereocenters. The molecular weight excluding hydrogens is 504 g/mol. The van der Waals surface area contributed by atoms with Gasteiger partial charge in [-0.2, -0.15) is 4.52 Å². The minimum absolute atomic E-state index is 0.0215. The number of hydrogen-bond donors (Lipinski definition) is 5. The van der Waals surface area contributed by atoms with E-state index in [1.165, 1.54) is 51.0 Å². The first-order chi connectivity index (χ1) is 19.0. The van der Waals surface area contributed by atoms with Crippen LogP contribution in [-0.2, 0) is 9.47 Å². The highest BCUT2D eigenvalue weighted by Crippen LogP contribution is 2.19. The number of aliphatic hydroxyl groups excluding tert-OH is 2. The van der Waals surface area contributed by atoms with E-state index in [4.69, 9.17) is 9.47 Å². The van der Waals surface area contributed by atoms with Crippen molar-refractivity contribution in [3.63, 3.8) is 0 Å². The minimum Gasteiger partial charge on any atom is -0.389 e. The summed E-state index contributed by atoms with van der Waals surface area (Å²) in [6.07, 6.45) is 14.9. The van der Waals surface area contributed by atoms with Gasteiger partial charge >= 0.3 is 0 Å². The third kappa shape index (κ3) is 11.7. The van der Waals surface area contributed by atoms with Gasteiger partial charge in [0, 0.05) is 19.3 Å². The summed E-state index contributed by atoms with van der Waals surface area (Å²) in [7, 11) is 0. The van der Waals surface area contributed by atoms with Crippen LogP contribution in [0.1, 0.15) is 87.4 Å². The maximum atomic E-state index is 12.3. The molecule has 12 nitrogen and oxygen atoms in total. The average molecular weight is 551 g/mol. The SMILES string of the molecule is O=C(NCCCCCCNCC(O)COCC(O)COC1CCCCCCCC1)c1cnc2nc[nH]n2c1=O. The maximum Gasteiger partial charge on any atom is 0.286 e. The maximum absolute atomic E-state index is 12.3. The van der Waals surface area contributed by atoms with E-state index in [0.717, 1.165) is 49.6 Å². The van der Waals surface area contributed by atoms with Gasteiger partial charge in [-0.3, -0.25) is 14.7 Å². The number of amides is 1. The van der Waals surface area contributed by atoms with E-state index in [1.807, 2.05) is 0 Å². The van der Waals surface area contributed by atoms with Gasteiger partial charge in [-0.15, -0.1) is 0 Å². The van der Waals surface area contributed by atoms with Crippen LogP contribution in [0.25, 0.3) is 5.78 Å². The van der Waals surface area contributed by atoms with Crippen LogP contribution in [0.2, 0.25) is 0 Å². The van der Waals surface area contributed by atoms with Gasteiger partial charge in [0.2, 0.25) is 0 Å². The number of nitrogens with zero attached hydrogens (tertiary/aromatic N) is 3. The number of hydrogen-bond acceptors (Lipinski definition) is 9. The topological polar surface area (TPSA) is 163 Å². The molecule has 12 heteroatoms. The molecule has 1 aliphatic rings. The van der Waals surface area contributed by atoms with Gasteiger partial charge in [0.15, 0.2) is 0 Å². The Balaban J connectivity index is 1.13. The van der Waals surface area contributed by atoms with E-state index >= 15 is 0 Å². The molecule has 5 N–H and O–H groups in total. The minimum atomic E-state index is -0.680. The van der Waals surface area contributed by atoms with Crippen LogP contribution in [0, 0.1) is 0 Å². The van der Waals surface area contributed by atoms with Crippen LogP contribution in [0.4, 0.5) is 0 Å². The van der Waals surface area contributed by atoms with Crippen LogP contribution in [-0.4, -0.2) is 93.5 Å². The number of carbonyl (C=O) groups is 1. The number of aliphatic hydroxyl groups is 2. The normalized spacial score (nSPS) is 16.9. The average Bonchev–Trinajstić information content (AvgIpc) is 3.45. The highest BCUT2D eigenvalue weighted by Gasteiger charge is 2.15. The Morgan fingerprint density at radius 1 is 0.974 bits per heavy atom. The predicted molar refractivity (Wildman–Crippen MR) is 147 cm³/mol. The molecule has 0 radical (unpaired) electrons. The standard InChI is InChI=1S/C27H46N6O6/c34-21(17-38-18-22(35)19-39-23-11-7-3-1-2-4-8-12-23)15-28-13-9-5-6-10-14-29-25(36)24-16-30-27-31-20-32-33(27)26(24)37/h16,20-23,28,34-35H,1-15,17-19H2,(H,29,36)(H,30,31,32). The van der Waals surface area contributed by atoms with Gasteiger partial charge < -0.3 is 30.3 Å². The summed E-state index contributed by atoms with van der Waals surface area (Å²) < 4.78 is 12.5. The molecule has 2 heterocycles. The largest absolute Gasteiger partial charge is 0.389 e. The van der Waals surface area contributed by atoms with Crippen molar-refractivity contribution in [1.82, 2.24) is 30.2 Å². The molecule has 0 bridgehead atoms. The zero-order valence-corrected chi connectivity index (χ0v) is 23.0. The highest BCUT2D eigenvalue weighted by molar-refractivity contribution is 5.93. The quantitative estimate of drug-likeness (QED) is 0.184. The van der Waals surface area contributed by atoms with Gasteiger partial charge in [-0.1, -0.05) is 51.4 Å². The van der Waals surface area contributed by atoms with Crippen LogP contribution >= 0.6 is 0 Å². The number of carbonyl (C=O) groups excluding carboxylic acids is 1. The first-order valence-electron chi connectivity index (χ1n) is 14.5. The smallest absolute Gasteiger partial charge is 0.286 e. The second-order valence-corrected chi connectivity index (χ2v) is 10.4. The summed E-state index contributed by atoms with van der Waals surface area (Å²) >= 11 is 0. The lowest BCUT2D eigenvalue weighted by Crippen LogP contribution is -2.33. The van der Waals surface area contributed by atoms with Crippen molar-refractivity contribution in [3.8, 4) is 0 Å². The van der Waals surface area contributed by atoms with E-state index in [0.29, 0.717) is 13.1 Å². The summed E-state index contributed by atoms with van der Waals surface area (Å²) in [4.78, 5) is 32.4. The summed E-state index contributed by atoms with van der Waals surface area (Å²) in [6.45, 7) is 2.27. The van der Waals surface area contributed by atoms with Crippen LogP contribution in [0.15, 0.2) is 17.3 Å². The zero-order chi connectivity index (χ0) is 27.7. The fourth-order valence-corrected chi connectivity index (χ4v) is 4.70. The molecule has 2 aromatic heterocycles.